The van der Waals surface area contributed by atoms with E-state index >= 15 is 0 Å². The van der Waals surface area contributed by atoms with E-state index in [4.69, 9.17) is 21.8 Å². The Bertz CT molecular complexity index is 2370. The normalized spacial score (nSPS) is 15.1. The summed E-state index contributed by atoms with van der Waals surface area (Å²) in [7, 11) is -2.38. The van der Waals surface area contributed by atoms with E-state index in [0.717, 1.165) is 39.1 Å². The molecule has 1 atom stereocenters. The molecule has 0 N–H and O–H groups in total. The summed E-state index contributed by atoms with van der Waals surface area (Å²) in [5, 5.41) is 22.9. The highest BCUT2D eigenvalue weighted by Gasteiger charge is 2.43. The second kappa shape index (κ2) is 17.3. The van der Waals surface area contributed by atoms with E-state index in [-0.39, 0.29) is 16.0 Å². The molecule has 1 aliphatic heterocycles. The SMILES string of the molecule is C/N=N\N(/N=C/c1ccc(C2=NN(/C(=N/S(=O)(=O)c3ccc(Cl)cc3)SC)CC2c2ccccc2)cc1)C(c1ccccc1)(c1ccccc1)c1ccccc1. The van der Waals surface area contributed by atoms with Crippen LogP contribution in [-0.4, -0.2) is 55.5 Å². The van der Waals surface area contributed by atoms with Gasteiger partial charge in [0.05, 0.1) is 30.4 Å². The summed E-state index contributed by atoms with van der Waals surface area (Å²) >= 11 is 7.23. The second-order valence-corrected chi connectivity index (χ2v) is 15.6. The number of hydrazone groups is 2. The molecule has 0 radical (unpaired) electrons. The minimum atomic E-state index is -4.01. The van der Waals surface area contributed by atoms with Crippen molar-refractivity contribution in [2.75, 3.05) is 19.8 Å². The predicted octanol–water partition coefficient (Wildman–Crippen LogP) is 9.88. The molecule has 6 aromatic rings. The number of rotatable bonds is 11. The average Bonchev–Trinajstić information content (AvgIpc) is 3.70. The minimum Gasteiger partial charge on any atom is -0.240 e. The Morgan fingerprint density at radius 1 is 0.768 bits per heavy atom. The molecule has 9 nitrogen and oxygen atoms in total. The Balaban J connectivity index is 1.25. The highest BCUT2D eigenvalue weighted by atomic mass is 35.5. The molecule has 1 aliphatic rings. The Labute approximate surface area is 336 Å². The summed E-state index contributed by atoms with van der Waals surface area (Å²) in [6.07, 6.45) is 3.57. The van der Waals surface area contributed by atoms with Crippen LogP contribution in [0.3, 0.4) is 0 Å². The van der Waals surface area contributed by atoms with Crippen LogP contribution in [0, 0.1) is 0 Å². The lowest BCUT2D eigenvalue weighted by atomic mass is 9.77. The predicted molar refractivity (Wildman–Crippen MR) is 228 cm³/mol. The molecule has 280 valence electrons. The van der Waals surface area contributed by atoms with E-state index in [1.165, 1.54) is 36.0 Å². The molecule has 0 aliphatic carbocycles. The van der Waals surface area contributed by atoms with Crippen LogP contribution in [0.5, 0.6) is 0 Å². The van der Waals surface area contributed by atoms with E-state index in [1.807, 2.05) is 97.1 Å². The van der Waals surface area contributed by atoms with Gasteiger partial charge in [0, 0.05) is 10.9 Å². The molecule has 7 rings (SSSR count). The topological polar surface area (TPSA) is 102 Å². The number of amidine groups is 1. The van der Waals surface area contributed by atoms with Crippen molar-refractivity contribution in [2.45, 2.75) is 16.4 Å². The van der Waals surface area contributed by atoms with E-state index in [1.54, 1.807) is 29.6 Å². The molecular formula is C44H38ClN7O2S2. The summed E-state index contributed by atoms with van der Waals surface area (Å²) in [5.74, 6) is -0.144. The first-order valence-corrected chi connectivity index (χ1v) is 20.8. The van der Waals surface area contributed by atoms with Crippen LogP contribution in [-0.2, 0) is 15.6 Å². The van der Waals surface area contributed by atoms with Gasteiger partial charge in [-0.15, -0.1) is 9.52 Å². The summed E-state index contributed by atoms with van der Waals surface area (Å²) in [6, 6.07) is 54.6. The minimum absolute atomic E-state index is 0.0567. The number of sulfonamides is 1. The van der Waals surface area contributed by atoms with Gasteiger partial charge in [-0.05, 0) is 63.9 Å². The van der Waals surface area contributed by atoms with Crippen LogP contribution in [0.25, 0.3) is 0 Å². The molecule has 6 aromatic carbocycles. The monoisotopic (exact) mass is 795 g/mol. The fourth-order valence-electron chi connectivity index (χ4n) is 6.79. The molecule has 0 saturated carbocycles. The number of benzene rings is 6. The lowest BCUT2D eigenvalue weighted by molar-refractivity contribution is 0.157. The van der Waals surface area contributed by atoms with Crippen molar-refractivity contribution in [3.63, 3.8) is 0 Å². The molecule has 0 fully saturated rings. The van der Waals surface area contributed by atoms with Crippen LogP contribution in [0.15, 0.2) is 200 Å². The number of hydrogen-bond acceptors (Lipinski definition) is 7. The van der Waals surface area contributed by atoms with Crippen LogP contribution in [0.4, 0.5) is 0 Å². The van der Waals surface area contributed by atoms with Crippen LogP contribution >= 0.6 is 23.4 Å². The zero-order chi connectivity index (χ0) is 39.0. The zero-order valence-corrected chi connectivity index (χ0v) is 33.1. The summed E-state index contributed by atoms with van der Waals surface area (Å²) in [6.45, 7) is 0.413. The van der Waals surface area contributed by atoms with E-state index in [9.17, 15) is 8.42 Å². The fourth-order valence-corrected chi connectivity index (χ4v) is 8.72. The highest BCUT2D eigenvalue weighted by molar-refractivity contribution is 8.13. The first-order valence-electron chi connectivity index (χ1n) is 17.8. The van der Waals surface area contributed by atoms with E-state index in [2.05, 4.69) is 63.3 Å². The van der Waals surface area contributed by atoms with E-state index < -0.39 is 15.6 Å². The fraction of sp³-hybridized carbons (Fsp3) is 0.114. The molecular weight excluding hydrogens is 758 g/mol. The van der Waals surface area contributed by atoms with Gasteiger partial charge in [-0.25, -0.2) is 5.01 Å². The first-order chi connectivity index (χ1) is 27.3. The van der Waals surface area contributed by atoms with Crippen molar-refractivity contribution in [2.24, 2.45) is 24.9 Å². The van der Waals surface area contributed by atoms with Gasteiger partial charge in [-0.3, -0.25) is 0 Å². The summed E-state index contributed by atoms with van der Waals surface area (Å²) < 4.78 is 30.8. The third-order valence-corrected chi connectivity index (χ3v) is 11.7. The summed E-state index contributed by atoms with van der Waals surface area (Å²) in [4.78, 5) is 0.0567. The molecule has 12 heteroatoms. The zero-order valence-electron chi connectivity index (χ0n) is 30.7. The third kappa shape index (κ3) is 8.06. The van der Waals surface area contributed by atoms with Gasteiger partial charge < -0.3 is 0 Å². The maximum absolute atomic E-state index is 13.3. The van der Waals surface area contributed by atoms with Crippen LogP contribution in [0.1, 0.15) is 39.3 Å². The lowest BCUT2D eigenvalue weighted by Crippen LogP contribution is -2.42. The van der Waals surface area contributed by atoms with Gasteiger partial charge in [0.25, 0.3) is 10.0 Å². The lowest BCUT2D eigenvalue weighted by Gasteiger charge is -2.39. The van der Waals surface area contributed by atoms with Crippen molar-refractivity contribution >= 4 is 50.5 Å². The van der Waals surface area contributed by atoms with Gasteiger partial charge in [0.1, 0.15) is 0 Å². The van der Waals surface area contributed by atoms with Crippen molar-refractivity contribution in [1.82, 2.24) is 10.1 Å². The van der Waals surface area contributed by atoms with Gasteiger partial charge in [-0.1, -0.05) is 174 Å². The average molecular weight is 796 g/mol. The molecule has 0 aromatic heterocycles. The number of nitrogens with zero attached hydrogens (tertiary/aromatic N) is 7. The molecule has 1 unspecified atom stereocenters. The summed E-state index contributed by atoms with van der Waals surface area (Å²) in [5.41, 5.74) is 5.55. The maximum Gasteiger partial charge on any atom is 0.284 e. The molecule has 0 saturated heterocycles. The highest BCUT2D eigenvalue weighted by Crippen LogP contribution is 2.43. The van der Waals surface area contributed by atoms with Crippen molar-refractivity contribution in [3.8, 4) is 0 Å². The number of thioether (sulfide) groups is 1. The Morgan fingerprint density at radius 2 is 1.29 bits per heavy atom. The Morgan fingerprint density at radius 3 is 1.79 bits per heavy atom. The molecule has 1 heterocycles. The quantitative estimate of drug-likeness (QED) is 0.0427. The molecule has 0 amide bonds. The van der Waals surface area contributed by atoms with Crippen molar-refractivity contribution < 1.29 is 8.42 Å². The molecule has 0 spiro atoms. The third-order valence-electron chi connectivity index (χ3n) is 9.40. The Kier molecular flexibility index (Phi) is 11.9. The standard InChI is InChI=1S/C44H38ClN7O2S2/c1-46-50-52(44(36-17-9-4-10-18-36,37-19-11-5-12-20-37)38-21-13-6-14-22-38)47-31-33-23-25-35(26-24-33)42-41(34-15-7-3-8-16-34)32-51(48-42)43(55-2)49-56(53,54)40-29-27-39(45)28-30-40/h3-31,41H,32H2,1-2H3/b47-31+,49-43-,50-46-. The molecule has 0 bridgehead atoms. The van der Waals surface area contributed by atoms with E-state index in [0.29, 0.717) is 11.6 Å². The van der Waals surface area contributed by atoms with Gasteiger partial charge in [0.2, 0.25) is 0 Å². The van der Waals surface area contributed by atoms with Gasteiger partial charge >= 0.3 is 0 Å². The number of hydrogen-bond donors (Lipinski definition) is 0. The smallest absolute Gasteiger partial charge is 0.240 e. The van der Waals surface area contributed by atoms with Gasteiger partial charge in [0.15, 0.2) is 10.7 Å². The largest absolute Gasteiger partial charge is 0.284 e. The Hall–Kier alpha value is -5.88. The number of halogens is 1. The first kappa shape index (κ1) is 38.4. The molecule has 56 heavy (non-hydrogen) atoms. The van der Waals surface area contributed by atoms with Crippen molar-refractivity contribution in [3.05, 3.63) is 208 Å². The van der Waals surface area contributed by atoms with Gasteiger partial charge in [-0.2, -0.15) is 23.7 Å². The van der Waals surface area contributed by atoms with Crippen LogP contribution in [0.2, 0.25) is 5.02 Å². The maximum atomic E-state index is 13.3. The van der Waals surface area contributed by atoms with Crippen molar-refractivity contribution in [1.29, 1.82) is 0 Å². The van der Waals surface area contributed by atoms with Crippen LogP contribution < -0.4 is 0 Å². The second-order valence-electron chi connectivity index (χ2n) is 12.8.